The Morgan fingerprint density at radius 3 is 2.29 bits per heavy atom. The molecule has 1 aliphatic heterocycles. The minimum absolute atomic E-state index is 0.290. The number of thiocarbonyl (C=S) groups is 1. The summed E-state index contributed by atoms with van der Waals surface area (Å²) in [5.41, 5.74) is 3.47. The normalized spacial score (nSPS) is 11.9. The van der Waals surface area contributed by atoms with E-state index >= 15 is 0 Å². The molecule has 0 bridgehead atoms. The maximum absolute atomic E-state index is 5.38. The van der Waals surface area contributed by atoms with Crippen LogP contribution in [0.1, 0.15) is 11.1 Å². The SMILES string of the molecule is CN(C)c1ccc(CNC(=S)NCc2ccc3c(c2)OCO3)cc1. The average molecular weight is 343 g/mol. The fraction of sp³-hybridized carbons (Fsp3) is 0.278. The van der Waals surface area contributed by atoms with E-state index in [-0.39, 0.29) is 0 Å². The molecule has 2 aromatic carbocycles. The quantitative estimate of drug-likeness (QED) is 0.814. The number of hydrogen-bond donors (Lipinski definition) is 2. The maximum atomic E-state index is 5.38. The van der Waals surface area contributed by atoms with E-state index in [1.54, 1.807) is 0 Å². The first kappa shape index (κ1) is 16.4. The number of hydrogen-bond acceptors (Lipinski definition) is 4. The molecule has 0 fully saturated rings. The second-order valence-electron chi connectivity index (χ2n) is 5.78. The first-order chi connectivity index (χ1) is 11.6. The maximum Gasteiger partial charge on any atom is 0.231 e. The lowest BCUT2D eigenvalue weighted by Gasteiger charge is -2.14. The summed E-state index contributed by atoms with van der Waals surface area (Å²) in [6.45, 7) is 1.63. The molecule has 0 saturated carbocycles. The summed E-state index contributed by atoms with van der Waals surface area (Å²) in [5, 5.41) is 7.06. The minimum Gasteiger partial charge on any atom is -0.454 e. The molecule has 126 valence electrons. The smallest absolute Gasteiger partial charge is 0.231 e. The fourth-order valence-corrected chi connectivity index (χ4v) is 2.53. The van der Waals surface area contributed by atoms with Crippen molar-refractivity contribution in [3.05, 3.63) is 53.6 Å². The number of benzene rings is 2. The monoisotopic (exact) mass is 343 g/mol. The van der Waals surface area contributed by atoms with Crippen molar-refractivity contribution < 1.29 is 9.47 Å². The highest BCUT2D eigenvalue weighted by Crippen LogP contribution is 2.32. The largest absolute Gasteiger partial charge is 0.454 e. The van der Waals surface area contributed by atoms with E-state index < -0.39 is 0 Å². The third-order valence-electron chi connectivity index (χ3n) is 3.80. The summed E-state index contributed by atoms with van der Waals surface area (Å²) in [6.07, 6.45) is 0. The molecule has 0 aliphatic carbocycles. The Hall–Kier alpha value is -2.47. The van der Waals surface area contributed by atoms with Gasteiger partial charge in [-0.15, -0.1) is 0 Å². The Bertz CT molecular complexity index is 717. The van der Waals surface area contributed by atoms with Crippen LogP contribution in [0, 0.1) is 0 Å². The number of nitrogens with zero attached hydrogens (tertiary/aromatic N) is 1. The number of nitrogens with one attached hydrogen (secondary N) is 2. The van der Waals surface area contributed by atoms with E-state index in [0.717, 1.165) is 17.1 Å². The molecule has 0 unspecified atom stereocenters. The van der Waals surface area contributed by atoms with E-state index in [1.807, 2.05) is 32.3 Å². The van der Waals surface area contributed by atoms with Gasteiger partial charge >= 0.3 is 0 Å². The molecule has 5 nitrogen and oxygen atoms in total. The van der Waals surface area contributed by atoms with Gasteiger partial charge in [0, 0.05) is 32.9 Å². The number of fused-ring (bicyclic) bond motifs is 1. The lowest BCUT2D eigenvalue weighted by atomic mass is 10.2. The average Bonchev–Trinajstić information content (AvgIpc) is 3.06. The Labute approximate surface area is 147 Å². The number of anilines is 1. The predicted molar refractivity (Wildman–Crippen MR) is 99.6 cm³/mol. The summed E-state index contributed by atoms with van der Waals surface area (Å²) >= 11 is 5.33. The highest BCUT2D eigenvalue weighted by molar-refractivity contribution is 7.80. The third-order valence-corrected chi connectivity index (χ3v) is 4.08. The van der Waals surface area contributed by atoms with Crippen LogP contribution in [0.3, 0.4) is 0 Å². The summed E-state index contributed by atoms with van der Waals surface area (Å²) < 4.78 is 10.7. The van der Waals surface area contributed by atoms with E-state index in [9.17, 15) is 0 Å². The van der Waals surface area contributed by atoms with Gasteiger partial charge in [0.2, 0.25) is 6.79 Å². The Balaban J connectivity index is 1.45. The van der Waals surface area contributed by atoms with Crippen molar-refractivity contribution in [1.82, 2.24) is 10.6 Å². The first-order valence-electron chi connectivity index (χ1n) is 7.78. The van der Waals surface area contributed by atoms with Gasteiger partial charge in [-0.2, -0.15) is 0 Å². The Kier molecular flexibility index (Phi) is 5.05. The molecule has 0 atom stereocenters. The van der Waals surface area contributed by atoms with Gasteiger partial charge in [0.15, 0.2) is 16.6 Å². The molecule has 0 spiro atoms. The molecule has 2 N–H and O–H groups in total. The molecule has 0 aromatic heterocycles. The highest BCUT2D eigenvalue weighted by atomic mass is 32.1. The standard InChI is InChI=1S/C18H21N3O2S/c1-21(2)15-6-3-13(4-7-15)10-19-18(24)20-11-14-5-8-16-17(9-14)23-12-22-16/h3-9H,10-12H2,1-2H3,(H2,19,20,24). The zero-order valence-electron chi connectivity index (χ0n) is 13.8. The van der Waals surface area contributed by atoms with Crippen LogP contribution in [-0.2, 0) is 13.1 Å². The van der Waals surface area contributed by atoms with Gasteiger partial charge in [0.25, 0.3) is 0 Å². The molecule has 3 rings (SSSR count). The predicted octanol–water partition coefficient (Wildman–Crippen LogP) is 2.65. The molecule has 0 radical (unpaired) electrons. The van der Waals surface area contributed by atoms with E-state index in [2.05, 4.69) is 39.8 Å². The molecule has 0 amide bonds. The topological polar surface area (TPSA) is 45.8 Å². The van der Waals surface area contributed by atoms with Crippen LogP contribution in [0.15, 0.2) is 42.5 Å². The van der Waals surface area contributed by atoms with Gasteiger partial charge in [0.05, 0.1) is 0 Å². The zero-order valence-corrected chi connectivity index (χ0v) is 14.7. The van der Waals surface area contributed by atoms with Gasteiger partial charge < -0.3 is 25.0 Å². The van der Waals surface area contributed by atoms with Crippen LogP contribution in [-0.4, -0.2) is 26.0 Å². The summed E-state index contributed by atoms with van der Waals surface area (Å²) in [7, 11) is 4.06. The molecular formula is C18H21N3O2S. The number of rotatable bonds is 5. The lowest BCUT2D eigenvalue weighted by molar-refractivity contribution is 0.174. The van der Waals surface area contributed by atoms with Gasteiger partial charge in [-0.3, -0.25) is 0 Å². The van der Waals surface area contributed by atoms with Crippen molar-refractivity contribution in [2.24, 2.45) is 0 Å². The third kappa shape index (κ3) is 4.08. The van der Waals surface area contributed by atoms with Crippen LogP contribution in [0.5, 0.6) is 11.5 Å². The fourth-order valence-electron chi connectivity index (χ4n) is 2.39. The molecule has 1 heterocycles. The van der Waals surface area contributed by atoms with Crippen LogP contribution in [0.25, 0.3) is 0 Å². The van der Waals surface area contributed by atoms with Crippen LogP contribution in [0.2, 0.25) is 0 Å². The molecule has 6 heteroatoms. The van der Waals surface area contributed by atoms with Crippen molar-refractivity contribution in [2.45, 2.75) is 13.1 Å². The second kappa shape index (κ2) is 7.40. The van der Waals surface area contributed by atoms with Gasteiger partial charge in [-0.1, -0.05) is 18.2 Å². The van der Waals surface area contributed by atoms with Crippen molar-refractivity contribution in [2.75, 3.05) is 25.8 Å². The van der Waals surface area contributed by atoms with Crippen molar-refractivity contribution in [3.8, 4) is 11.5 Å². The highest BCUT2D eigenvalue weighted by Gasteiger charge is 2.13. The molecule has 2 aromatic rings. The molecule has 1 aliphatic rings. The molecule has 24 heavy (non-hydrogen) atoms. The molecular weight excluding hydrogens is 322 g/mol. The van der Waals surface area contributed by atoms with Crippen LogP contribution in [0.4, 0.5) is 5.69 Å². The summed E-state index contributed by atoms with van der Waals surface area (Å²) in [6, 6.07) is 14.3. The van der Waals surface area contributed by atoms with E-state index in [1.165, 1.54) is 11.3 Å². The molecule has 0 saturated heterocycles. The lowest BCUT2D eigenvalue weighted by Crippen LogP contribution is -2.34. The zero-order chi connectivity index (χ0) is 16.9. The van der Waals surface area contributed by atoms with Crippen molar-refractivity contribution in [1.29, 1.82) is 0 Å². The van der Waals surface area contributed by atoms with E-state index in [0.29, 0.717) is 25.0 Å². The Morgan fingerprint density at radius 1 is 0.958 bits per heavy atom. The van der Waals surface area contributed by atoms with Crippen LogP contribution >= 0.6 is 12.2 Å². The Morgan fingerprint density at radius 2 is 1.58 bits per heavy atom. The van der Waals surface area contributed by atoms with Gasteiger partial charge in [-0.25, -0.2) is 0 Å². The summed E-state index contributed by atoms with van der Waals surface area (Å²) in [5.74, 6) is 1.58. The summed E-state index contributed by atoms with van der Waals surface area (Å²) in [4.78, 5) is 2.08. The second-order valence-corrected chi connectivity index (χ2v) is 6.19. The van der Waals surface area contributed by atoms with Gasteiger partial charge in [-0.05, 0) is 47.6 Å². The van der Waals surface area contributed by atoms with Crippen LogP contribution < -0.4 is 25.0 Å². The first-order valence-corrected chi connectivity index (χ1v) is 8.19. The minimum atomic E-state index is 0.290. The van der Waals surface area contributed by atoms with Crippen molar-refractivity contribution in [3.63, 3.8) is 0 Å². The van der Waals surface area contributed by atoms with Crippen molar-refractivity contribution >= 4 is 23.0 Å². The number of ether oxygens (including phenoxy) is 2. The van der Waals surface area contributed by atoms with Gasteiger partial charge in [0.1, 0.15) is 0 Å². The van der Waals surface area contributed by atoms with E-state index in [4.69, 9.17) is 21.7 Å².